The van der Waals surface area contributed by atoms with Crippen LogP contribution in [0.4, 0.5) is 4.39 Å². The van der Waals surface area contributed by atoms with E-state index >= 15 is 0 Å². The fourth-order valence-electron chi connectivity index (χ4n) is 1.57. The van der Waals surface area contributed by atoms with Crippen LogP contribution in [0.15, 0.2) is 12.1 Å². The first kappa shape index (κ1) is 9.27. The zero-order valence-corrected chi connectivity index (χ0v) is 8.11. The highest BCUT2D eigenvalue weighted by molar-refractivity contribution is 6.31. The van der Waals surface area contributed by atoms with Crippen LogP contribution in [0, 0.1) is 11.2 Å². The molecule has 2 rings (SSSR count). The van der Waals surface area contributed by atoms with E-state index in [1.54, 1.807) is 11.0 Å². The quantitative estimate of drug-likeness (QED) is 0.509. The van der Waals surface area contributed by atoms with E-state index in [1.807, 2.05) is 0 Å². The van der Waals surface area contributed by atoms with Gasteiger partial charge in [-0.15, -0.1) is 0 Å². The highest BCUT2D eigenvalue weighted by atomic mass is 35.5. The Balaban J connectivity index is 2.40. The summed E-state index contributed by atoms with van der Waals surface area (Å²) in [5.41, 5.74) is 7.01. The Bertz CT molecular complexity index is 405. The lowest BCUT2D eigenvalue weighted by Crippen LogP contribution is -2.31. The van der Waals surface area contributed by atoms with Crippen LogP contribution >= 0.6 is 11.6 Å². The summed E-state index contributed by atoms with van der Waals surface area (Å²) < 4.78 is 13.1. The van der Waals surface area contributed by atoms with E-state index in [2.05, 4.69) is 0 Å². The first-order valence-corrected chi connectivity index (χ1v) is 4.52. The minimum absolute atomic E-state index is 0.0160. The van der Waals surface area contributed by atoms with E-state index in [-0.39, 0.29) is 11.0 Å². The number of halogens is 2. The van der Waals surface area contributed by atoms with Crippen LogP contribution in [-0.4, -0.2) is 10.9 Å². The van der Waals surface area contributed by atoms with Crippen molar-refractivity contribution in [1.82, 2.24) is 4.90 Å². The SMILES string of the molecule is N=C(N)N1Cc2ccc(F)c(Cl)c2C1. The van der Waals surface area contributed by atoms with Gasteiger partial charge in [-0.3, -0.25) is 5.41 Å². The van der Waals surface area contributed by atoms with Crippen LogP contribution in [0.3, 0.4) is 0 Å². The van der Waals surface area contributed by atoms with Gasteiger partial charge in [0.2, 0.25) is 0 Å². The van der Waals surface area contributed by atoms with Crippen molar-refractivity contribution >= 4 is 17.6 Å². The molecule has 0 unspecified atom stereocenters. The van der Waals surface area contributed by atoms with Gasteiger partial charge in [-0.1, -0.05) is 17.7 Å². The average molecular weight is 214 g/mol. The largest absolute Gasteiger partial charge is 0.370 e. The minimum Gasteiger partial charge on any atom is -0.370 e. The fraction of sp³-hybridized carbons (Fsp3) is 0.222. The second kappa shape index (κ2) is 3.13. The topological polar surface area (TPSA) is 53.1 Å². The molecular weight excluding hydrogens is 205 g/mol. The maximum absolute atomic E-state index is 13.1. The van der Waals surface area contributed by atoms with Gasteiger partial charge in [-0.25, -0.2) is 4.39 Å². The molecule has 1 aliphatic heterocycles. The van der Waals surface area contributed by atoms with Crippen molar-refractivity contribution in [2.75, 3.05) is 0 Å². The Morgan fingerprint density at radius 1 is 1.50 bits per heavy atom. The maximum atomic E-state index is 13.1. The van der Waals surface area contributed by atoms with E-state index in [4.69, 9.17) is 22.7 Å². The van der Waals surface area contributed by atoms with Crippen molar-refractivity contribution in [2.45, 2.75) is 13.1 Å². The van der Waals surface area contributed by atoms with Gasteiger partial charge in [0.05, 0.1) is 5.02 Å². The van der Waals surface area contributed by atoms with Crippen molar-refractivity contribution in [3.8, 4) is 0 Å². The number of benzene rings is 1. The molecule has 0 aromatic heterocycles. The van der Waals surface area contributed by atoms with Gasteiger partial charge in [0.15, 0.2) is 5.96 Å². The van der Waals surface area contributed by atoms with Crippen molar-refractivity contribution in [3.05, 3.63) is 34.1 Å². The maximum Gasteiger partial charge on any atom is 0.188 e. The standard InChI is InChI=1S/C9H9ClFN3/c10-8-6-4-14(9(12)13)3-5(6)1-2-7(8)11/h1-2H,3-4H2,(H3,12,13). The lowest BCUT2D eigenvalue weighted by molar-refractivity contribution is 0.439. The molecule has 1 heterocycles. The van der Waals surface area contributed by atoms with E-state index < -0.39 is 5.82 Å². The average Bonchev–Trinajstić information content (AvgIpc) is 2.56. The summed E-state index contributed by atoms with van der Waals surface area (Å²) in [6, 6.07) is 3.02. The lowest BCUT2D eigenvalue weighted by Gasteiger charge is -2.13. The molecule has 0 amide bonds. The molecule has 0 atom stereocenters. The first-order chi connectivity index (χ1) is 6.59. The zero-order chi connectivity index (χ0) is 10.3. The molecule has 14 heavy (non-hydrogen) atoms. The Hall–Kier alpha value is -1.29. The molecule has 0 aliphatic carbocycles. The number of hydrogen-bond acceptors (Lipinski definition) is 1. The number of nitrogens with zero attached hydrogens (tertiary/aromatic N) is 1. The van der Waals surface area contributed by atoms with Crippen molar-refractivity contribution in [2.24, 2.45) is 5.73 Å². The predicted molar refractivity (Wildman–Crippen MR) is 52.6 cm³/mol. The summed E-state index contributed by atoms with van der Waals surface area (Å²) in [7, 11) is 0. The first-order valence-electron chi connectivity index (χ1n) is 4.14. The number of nitrogens with one attached hydrogen (secondary N) is 1. The van der Waals surface area contributed by atoms with Gasteiger partial charge < -0.3 is 10.6 Å². The predicted octanol–water partition coefficient (Wildman–Crippen LogP) is 1.69. The zero-order valence-electron chi connectivity index (χ0n) is 7.35. The third-order valence-electron chi connectivity index (χ3n) is 2.34. The molecule has 0 bridgehead atoms. The third-order valence-corrected chi connectivity index (χ3v) is 2.75. The Morgan fingerprint density at radius 2 is 2.21 bits per heavy atom. The summed E-state index contributed by atoms with van der Waals surface area (Å²) in [5, 5.41) is 7.40. The smallest absolute Gasteiger partial charge is 0.188 e. The molecule has 0 saturated carbocycles. The molecule has 0 fully saturated rings. The molecule has 74 valence electrons. The Kier molecular flexibility index (Phi) is 2.07. The normalized spacial score (nSPS) is 14.3. The van der Waals surface area contributed by atoms with Crippen LogP contribution < -0.4 is 5.73 Å². The number of fused-ring (bicyclic) bond motifs is 1. The summed E-state index contributed by atoms with van der Waals surface area (Å²) in [4.78, 5) is 1.63. The summed E-state index contributed by atoms with van der Waals surface area (Å²) in [6.07, 6.45) is 0. The second-order valence-electron chi connectivity index (χ2n) is 3.24. The molecular formula is C9H9ClFN3. The van der Waals surface area contributed by atoms with Gasteiger partial charge in [-0.05, 0) is 17.2 Å². The van der Waals surface area contributed by atoms with Gasteiger partial charge in [0.1, 0.15) is 5.82 Å². The molecule has 3 N–H and O–H groups in total. The molecule has 5 heteroatoms. The Morgan fingerprint density at radius 3 is 2.86 bits per heavy atom. The van der Waals surface area contributed by atoms with E-state index in [9.17, 15) is 4.39 Å². The molecule has 0 radical (unpaired) electrons. The second-order valence-corrected chi connectivity index (χ2v) is 3.62. The monoisotopic (exact) mass is 213 g/mol. The molecule has 1 aromatic carbocycles. The van der Waals surface area contributed by atoms with E-state index in [0.29, 0.717) is 13.1 Å². The molecule has 0 spiro atoms. The van der Waals surface area contributed by atoms with Crippen LogP contribution in [0.1, 0.15) is 11.1 Å². The highest BCUT2D eigenvalue weighted by Crippen LogP contribution is 2.30. The van der Waals surface area contributed by atoms with Gasteiger partial charge in [-0.2, -0.15) is 0 Å². The van der Waals surface area contributed by atoms with Gasteiger partial charge >= 0.3 is 0 Å². The van der Waals surface area contributed by atoms with Crippen LogP contribution in [0.5, 0.6) is 0 Å². The van der Waals surface area contributed by atoms with Crippen LogP contribution in [0.25, 0.3) is 0 Å². The van der Waals surface area contributed by atoms with Crippen LogP contribution in [-0.2, 0) is 13.1 Å². The lowest BCUT2D eigenvalue weighted by atomic mass is 10.1. The minimum atomic E-state index is -0.421. The summed E-state index contributed by atoms with van der Waals surface area (Å²) in [5.74, 6) is -0.437. The van der Waals surface area contributed by atoms with E-state index in [0.717, 1.165) is 11.1 Å². The van der Waals surface area contributed by atoms with Crippen LogP contribution in [0.2, 0.25) is 5.02 Å². The summed E-state index contributed by atoms with van der Waals surface area (Å²) >= 11 is 5.80. The van der Waals surface area contributed by atoms with Gasteiger partial charge in [0.25, 0.3) is 0 Å². The van der Waals surface area contributed by atoms with E-state index in [1.165, 1.54) is 6.07 Å². The molecule has 3 nitrogen and oxygen atoms in total. The Labute approximate surface area is 85.8 Å². The molecule has 1 aliphatic rings. The number of hydrogen-bond donors (Lipinski definition) is 2. The molecule has 0 saturated heterocycles. The summed E-state index contributed by atoms with van der Waals surface area (Å²) in [6.45, 7) is 0.950. The molecule has 1 aromatic rings. The third kappa shape index (κ3) is 1.32. The number of nitrogens with two attached hydrogens (primary N) is 1. The number of rotatable bonds is 0. The number of guanidine groups is 1. The van der Waals surface area contributed by atoms with Crippen molar-refractivity contribution < 1.29 is 4.39 Å². The van der Waals surface area contributed by atoms with Crippen molar-refractivity contribution in [1.29, 1.82) is 5.41 Å². The highest BCUT2D eigenvalue weighted by Gasteiger charge is 2.23. The van der Waals surface area contributed by atoms with Gasteiger partial charge in [0, 0.05) is 13.1 Å². The fourth-order valence-corrected chi connectivity index (χ4v) is 1.82. The van der Waals surface area contributed by atoms with Crippen molar-refractivity contribution in [3.63, 3.8) is 0 Å².